The van der Waals surface area contributed by atoms with Crippen LogP contribution in [0.25, 0.3) is 22.0 Å². The van der Waals surface area contributed by atoms with Gasteiger partial charge in [0.2, 0.25) is 21.8 Å². The van der Waals surface area contributed by atoms with Crippen LogP contribution < -0.4 is 24.8 Å². The normalized spacial score (nSPS) is 24.2. The van der Waals surface area contributed by atoms with E-state index in [2.05, 4.69) is 21.9 Å². The highest BCUT2D eigenvalue weighted by Gasteiger charge is 2.61. The first-order chi connectivity index (χ1) is 19.7. The lowest BCUT2D eigenvalue weighted by molar-refractivity contribution is -0.130. The molecule has 1 saturated heterocycles. The molecule has 3 aliphatic rings. The Labute approximate surface area is 262 Å². The van der Waals surface area contributed by atoms with Crippen molar-refractivity contribution in [1.29, 1.82) is 0 Å². The molecular weight excluding hydrogens is 615 g/mol. The predicted octanol–water partition coefficient (Wildman–Crippen LogP) is 3.53. The molecule has 0 radical (unpaired) electrons. The standard InChI is InChI=1S/C30H32N4O6S.2ClH/c1-3-20-16-30(20,29(36)34-41(37,38)23-12-13-23)33-27(35)26-15-22(17-31-26)40-28-24-7-5-4-6-19(24)14-25(32-28)18-8-10-21(39-2)11-9-18;;/h3-11,14,20,22-23,26,31H,1,12-13,15-17H2,2H3,(H,33,35)(H,34,36);2*1H/t20-,22-,26+,30-;;/m1../s1. The molecule has 4 atom stereocenters. The van der Waals surface area contributed by atoms with Gasteiger partial charge in [-0.2, -0.15) is 0 Å². The second-order valence-electron chi connectivity index (χ2n) is 10.9. The molecule has 3 N–H and O–H groups in total. The Morgan fingerprint density at radius 2 is 1.84 bits per heavy atom. The van der Waals surface area contributed by atoms with E-state index in [9.17, 15) is 18.0 Å². The number of nitrogens with zero attached hydrogens (tertiary/aromatic N) is 1. The molecule has 0 bridgehead atoms. The third kappa shape index (κ3) is 6.59. The van der Waals surface area contributed by atoms with E-state index in [4.69, 9.17) is 14.5 Å². The summed E-state index contributed by atoms with van der Waals surface area (Å²) in [6.45, 7) is 4.14. The fraction of sp³-hybridized carbons (Fsp3) is 0.367. The molecule has 0 unspecified atom stereocenters. The fourth-order valence-electron chi connectivity index (χ4n) is 5.34. The highest BCUT2D eigenvalue weighted by atomic mass is 35.5. The smallest absolute Gasteiger partial charge is 0.259 e. The summed E-state index contributed by atoms with van der Waals surface area (Å²) in [5.74, 6) is -0.215. The van der Waals surface area contributed by atoms with E-state index in [1.807, 2.05) is 54.6 Å². The lowest BCUT2D eigenvalue weighted by Crippen LogP contribution is -2.55. The number of sulfonamides is 1. The lowest BCUT2D eigenvalue weighted by atomic mass is 10.1. The van der Waals surface area contributed by atoms with Gasteiger partial charge in [0.1, 0.15) is 17.4 Å². The van der Waals surface area contributed by atoms with Gasteiger partial charge in [-0.15, -0.1) is 31.4 Å². The number of fused-ring (bicyclic) bond motifs is 1. The van der Waals surface area contributed by atoms with Gasteiger partial charge >= 0.3 is 0 Å². The number of halogens is 2. The van der Waals surface area contributed by atoms with Crippen LogP contribution >= 0.6 is 24.8 Å². The number of rotatable bonds is 10. The van der Waals surface area contributed by atoms with E-state index in [-0.39, 0.29) is 42.7 Å². The van der Waals surface area contributed by atoms with Gasteiger partial charge in [0.25, 0.3) is 5.91 Å². The molecule has 3 fully saturated rings. The summed E-state index contributed by atoms with van der Waals surface area (Å²) in [5, 5.41) is 7.29. The van der Waals surface area contributed by atoms with Gasteiger partial charge in [0, 0.05) is 29.8 Å². The summed E-state index contributed by atoms with van der Waals surface area (Å²) >= 11 is 0. The number of carbonyl (C=O) groups excluding carboxylic acids is 2. The van der Waals surface area contributed by atoms with Gasteiger partial charge in [-0.05, 0) is 61.0 Å². The van der Waals surface area contributed by atoms with Crippen molar-refractivity contribution in [2.24, 2.45) is 5.92 Å². The second kappa shape index (κ2) is 12.7. The minimum Gasteiger partial charge on any atom is -0.497 e. The molecule has 1 aromatic heterocycles. The highest BCUT2D eigenvalue weighted by Crippen LogP contribution is 2.45. The van der Waals surface area contributed by atoms with Crippen molar-refractivity contribution in [2.75, 3.05) is 13.7 Å². The maximum absolute atomic E-state index is 13.3. The molecule has 10 nitrogen and oxygen atoms in total. The van der Waals surface area contributed by atoms with Crippen molar-refractivity contribution in [3.8, 4) is 22.9 Å². The van der Waals surface area contributed by atoms with E-state index < -0.39 is 32.8 Å². The SMILES string of the molecule is C=C[C@@H]1C[C@]1(NC(=O)[C@@H]1C[C@@H](Oc2nc(-c3ccc(OC)cc3)cc3ccccc23)CN1)C(=O)NS(=O)(=O)C1CC1.Cl.Cl. The number of aromatic nitrogens is 1. The van der Waals surface area contributed by atoms with Crippen LogP contribution in [0.3, 0.4) is 0 Å². The number of benzene rings is 2. The van der Waals surface area contributed by atoms with Gasteiger partial charge in [0.05, 0.1) is 24.1 Å². The summed E-state index contributed by atoms with van der Waals surface area (Å²) < 4.78 is 38.5. The van der Waals surface area contributed by atoms with Crippen LogP contribution in [0.2, 0.25) is 0 Å². The molecule has 1 aliphatic heterocycles. The first-order valence-corrected chi connectivity index (χ1v) is 15.2. The number of nitrogens with one attached hydrogen (secondary N) is 3. The molecule has 230 valence electrons. The zero-order valence-electron chi connectivity index (χ0n) is 23.4. The first-order valence-electron chi connectivity index (χ1n) is 13.7. The maximum atomic E-state index is 13.3. The Balaban J connectivity index is 0.00000212. The highest BCUT2D eigenvalue weighted by molar-refractivity contribution is 7.91. The van der Waals surface area contributed by atoms with Crippen molar-refractivity contribution >= 4 is 57.4 Å². The number of pyridine rings is 1. The van der Waals surface area contributed by atoms with E-state index >= 15 is 0 Å². The van der Waals surface area contributed by atoms with Gasteiger partial charge in [-0.25, -0.2) is 13.4 Å². The van der Waals surface area contributed by atoms with Crippen molar-refractivity contribution in [2.45, 2.75) is 48.6 Å². The molecule has 0 spiro atoms. The van der Waals surface area contributed by atoms with Crippen LogP contribution in [0, 0.1) is 5.92 Å². The third-order valence-corrected chi connectivity index (χ3v) is 9.84. The van der Waals surface area contributed by atoms with Gasteiger partial charge in [-0.3, -0.25) is 14.3 Å². The quantitative estimate of drug-likeness (QED) is 0.284. The van der Waals surface area contributed by atoms with Crippen LogP contribution in [0.4, 0.5) is 0 Å². The Hall–Kier alpha value is -3.38. The van der Waals surface area contributed by atoms with Crippen LogP contribution in [-0.4, -0.2) is 61.8 Å². The molecule has 6 rings (SSSR count). The molecule has 43 heavy (non-hydrogen) atoms. The number of ether oxygens (including phenoxy) is 2. The van der Waals surface area contributed by atoms with Crippen molar-refractivity contribution in [3.63, 3.8) is 0 Å². The second-order valence-corrected chi connectivity index (χ2v) is 12.8. The number of carbonyl (C=O) groups is 2. The zero-order chi connectivity index (χ0) is 28.8. The monoisotopic (exact) mass is 648 g/mol. The predicted molar refractivity (Wildman–Crippen MR) is 168 cm³/mol. The number of methoxy groups -OCH3 is 1. The van der Waals surface area contributed by atoms with Crippen molar-refractivity contribution in [1.82, 2.24) is 20.3 Å². The minimum atomic E-state index is -3.74. The van der Waals surface area contributed by atoms with Crippen LogP contribution in [0.1, 0.15) is 25.7 Å². The van der Waals surface area contributed by atoms with E-state index in [0.29, 0.717) is 38.1 Å². The number of hydrogen-bond acceptors (Lipinski definition) is 8. The van der Waals surface area contributed by atoms with E-state index in [1.54, 1.807) is 13.2 Å². The van der Waals surface area contributed by atoms with E-state index in [1.165, 1.54) is 0 Å². The zero-order valence-corrected chi connectivity index (χ0v) is 25.9. The summed E-state index contributed by atoms with van der Waals surface area (Å²) in [4.78, 5) is 31.1. The van der Waals surface area contributed by atoms with Gasteiger partial charge in [0.15, 0.2) is 0 Å². The maximum Gasteiger partial charge on any atom is 0.259 e. The molecule has 3 aromatic rings. The average molecular weight is 650 g/mol. The van der Waals surface area contributed by atoms with Gasteiger partial charge in [-0.1, -0.05) is 24.3 Å². The molecule has 2 aromatic carbocycles. The lowest BCUT2D eigenvalue weighted by Gasteiger charge is -2.21. The van der Waals surface area contributed by atoms with Gasteiger partial charge < -0.3 is 20.1 Å². The molecular formula is C30H34Cl2N4O6S. The topological polar surface area (TPSA) is 136 Å². The molecule has 2 heterocycles. The Morgan fingerprint density at radius 1 is 1.12 bits per heavy atom. The number of hydrogen-bond donors (Lipinski definition) is 3. The van der Waals surface area contributed by atoms with Crippen LogP contribution in [0.15, 0.2) is 67.3 Å². The minimum absolute atomic E-state index is 0. The summed E-state index contributed by atoms with van der Waals surface area (Å²) in [6, 6.07) is 16.8. The molecule has 2 aliphatic carbocycles. The molecule has 13 heteroatoms. The van der Waals surface area contributed by atoms with Crippen LogP contribution in [-0.2, 0) is 19.6 Å². The molecule has 2 amide bonds. The summed E-state index contributed by atoms with van der Waals surface area (Å²) in [5.41, 5.74) is 0.350. The third-order valence-electron chi connectivity index (χ3n) is 8.03. The van der Waals surface area contributed by atoms with E-state index in [0.717, 1.165) is 27.8 Å². The van der Waals surface area contributed by atoms with Crippen molar-refractivity contribution in [3.05, 3.63) is 67.3 Å². The largest absolute Gasteiger partial charge is 0.497 e. The average Bonchev–Trinajstić information content (AvgIpc) is 3.90. The summed E-state index contributed by atoms with van der Waals surface area (Å²) in [7, 11) is -2.12. The Kier molecular flexibility index (Phi) is 9.60. The first kappa shape index (κ1) is 32.5. The Morgan fingerprint density at radius 3 is 2.49 bits per heavy atom. The molecule has 2 saturated carbocycles. The summed E-state index contributed by atoms with van der Waals surface area (Å²) in [6.07, 6.45) is 2.95. The fourth-order valence-corrected chi connectivity index (χ4v) is 6.70. The Bertz CT molecular complexity index is 1630. The van der Waals surface area contributed by atoms with Crippen LogP contribution in [0.5, 0.6) is 11.6 Å². The van der Waals surface area contributed by atoms with Crippen molar-refractivity contribution < 1.29 is 27.5 Å². The number of amides is 2.